The quantitative estimate of drug-likeness (QED) is 0.161. The maximum Gasteiger partial charge on any atom is 0.344 e. The van der Waals surface area contributed by atoms with Crippen LogP contribution in [0.3, 0.4) is 0 Å². The van der Waals surface area contributed by atoms with Gasteiger partial charge in [0.1, 0.15) is 11.4 Å². The number of hydrogen-bond donors (Lipinski definition) is 0. The Morgan fingerprint density at radius 3 is 2.12 bits per heavy atom. The molecule has 0 saturated carbocycles. The minimum atomic E-state index is -0.545. The summed E-state index contributed by atoms with van der Waals surface area (Å²) >= 11 is 0. The molecule has 40 heavy (non-hydrogen) atoms. The van der Waals surface area contributed by atoms with Gasteiger partial charge in [-0.2, -0.15) is 0 Å². The zero-order valence-corrected chi connectivity index (χ0v) is 23.9. The summed E-state index contributed by atoms with van der Waals surface area (Å²) in [5.74, 6) is 0.00302. The molecule has 0 N–H and O–H groups in total. The van der Waals surface area contributed by atoms with Gasteiger partial charge in [-0.3, -0.25) is 0 Å². The van der Waals surface area contributed by atoms with Crippen molar-refractivity contribution in [3.8, 4) is 10.6 Å². The Morgan fingerprint density at radius 2 is 1.45 bits per heavy atom. The minimum Gasteiger partial charge on any atom is -0.481 e. The molecule has 6 heteroatoms. The molecule has 1 aliphatic rings. The predicted molar refractivity (Wildman–Crippen MR) is 160 cm³/mol. The third-order valence-electron chi connectivity index (χ3n) is 7.63. The lowest BCUT2D eigenvalue weighted by molar-refractivity contribution is -0.159. The van der Waals surface area contributed by atoms with E-state index in [2.05, 4.69) is 42.5 Å². The van der Waals surface area contributed by atoms with Crippen LogP contribution in [0.15, 0.2) is 78.9 Å². The normalized spacial score (nSPS) is 14.2. The van der Waals surface area contributed by atoms with Crippen LogP contribution in [0.5, 0.6) is 5.75 Å². The zero-order valence-electron chi connectivity index (χ0n) is 23.1. The Labute approximate surface area is 236 Å². The molecule has 0 fully saturated rings. The number of thiophene rings is 1. The van der Waals surface area contributed by atoms with Crippen LogP contribution < -0.4 is 4.74 Å². The highest BCUT2D eigenvalue weighted by atomic mass is 32.2. The number of benzene rings is 4. The lowest BCUT2D eigenvalue weighted by Gasteiger charge is -2.24. The second-order valence-electron chi connectivity index (χ2n) is 10.7. The molecule has 1 heterocycles. The van der Waals surface area contributed by atoms with Crippen molar-refractivity contribution in [3.63, 3.8) is 0 Å². The molecule has 0 amide bonds. The van der Waals surface area contributed by atoms with Gasteiger partial charge in [-0.25, -0.2) is 9.59 Å². The Balaban J connectivity index is 1.26. The lowest BCUT2D eigenvalue weighted by Crippen LogP contribution is -2.34. The third-order valence-corrected chi connectivity index (χ3v) is 9.93. The molecule has 1 atom stereocenters. The number of rotatable bonds is 6. The van der Waals surface area contributed by atoms with E-state index >= 15 is 0 Å². The predicted octanol–water partition coefficient (Wildman–Crippen LogP) is 7.61. The number of fused-ring (bicyclic) bond motifs is 4. The molecule has 5 aromatic rings. The van der Waals surface area contributed by atoms with Crippen molar-refractivity contribution >= 4 is 42.6 Å². The van der Waals surface area contributed by atoms with Crippen LogP contribution in [0.1, 0.15) is 39.5 Å². The molecule has 0 bridgehead atoms. The molecule has 202 valence electrons. The van der Waals surface area contributed by atoms with Gasteiger partial charge >= 0.3 is 11.9 Å². The van der Waals surface area contributed by atoms with Gasteiger partial charge in [0, 0.05) is 46.2 Å². The van der Waals surface area contributed by atoms with Crippen LogP contribution in [-0.4, -0.2) is 31.3 Å². The maximum absolute atomic E-state index is 12.8. The monoisotopic (exact) mass is 551 g/mol. The van der Waals surface area contributed by atoms with Gasteiger partial charge in [0.15, 0.2) is 20.9 Å². The van der Waals surface area contributed by atoms with Crippen molar-refractivity contribution in [2.45, 2.75) is 39.2 Å². The van der Waals surface area contributed by atoms with Gasteiger partial charge in [0.05, 0.1) is 12.7 Å². The number of aryl methyl sites for hydroxylation is 2. The van der Waals surface area contributed by atoms with Gasteiger partial charge in [-0.15, -0.1) is 0 Å². The number of esters is 2. The Morgan fingerprint density at radius 1 is 0.825 bits per heavy atom. The number of hydrogen-bond acceptors (Lipinski definition) is 5. The highest BCUT2D eigenvalue weighted by Gasteiger charge is 2.36. The van der Waals surface area contributed by atoms with Crippen molar-refractivity contribution in [1.29, 1.82) is 0 Å². The fraction of sp³-hybridized carbons (Fsp3) is 0.235. The molecular formula is C34H31O5S+. The van der Waals surface area contributed by atoms with E-state index in [1.165, 1.54) is 27.6 Å². The van der Waals surface area contributed by atoms with E-state index in [0.717, 1.165) is 26.8 Å². The molecule has 1 aromatic heterocycles. The van der Waals surface area contributed by atoms with Crippen LogP contribution in [0.4, 0.5) is 0 Å². The van der Waals surface area contributed by atoms with E-state index in [1.54, 1.807) is 0 Å². The van der Waals surface area contributed by atoms with Crippen molar-refractivity contribution in [1.82, 2.24) is 0 Å². The van der Waals surface area contributed by atoms with E-state index in [1.807, 2.05) is 57.2 Å². The van der Waals surface area contributed by atoms with Gasteiger partial charge < -0.3 is 14.2 Å². The first-order valence-corrected chi connectivity index (χ1v) is 14.6. The van der Waals surface area contributed by atoms with Crippen LogP contribution in [0.2, 0.25) is 0 Å². The summed E-state index contributed by atoms with van der Waals surface area (Å²) in [6.45, 7) is 5.88. The van der Waals surface area contributed by atoms with Crippen molar-refractivity contribution in [3.05, 3.63) is 107 Å². The molecule has 4 aromatic carbocycles. The molecular weight excluding hydrogens is 520 g/mol. The topological polar surface area (TPSA) is 61.8 Å². The fourth-order valence-corrected chi connectivity index (χ4v) is 8.48. The molecule has 1 aliphatic carbocycles. The Hall–Kier alpha value is -4.16. The molecule has 1 unspecified atom stereocenters. The second kappa shape index (κ2) is 10.1. The highest BCUT2D eigenvalue weighted by molar-refractivity contribution is 7.50. The maximum atomic E-state index is 12.8. The molecule has 0 aliphatic heterocycles. The van der Waals surface area contributed by atoms with Gasteiger partial charge in [-0.05, 0) is 73.4 Å². The van der Waals surface area contributed by atoms with Crippen molar-refractivity contribution in [2.24, 2.45) is 0 Å². The first-order valence-electron chi connectivity index (χ1n) is 13.3. The summed E-state index contributed by atoms with van der Waals surface area (Å²) in [4.78, 5) is 26.2. The van der Waals surface area contributed by atoms with E-state index in [-0.39, 0.29) is 29.0 Å². The van der Waals surface area contributed by atoms with Crippen molar-refractivity contribution < 1.29 is 23.8 Å². The summed E-state index contributed by atoms with van der Waals surface area (Å²) in [6.07, 6.45) is 1.43. The lowest BCUT2D eigenvalue weighted by atomic mass is 10.0. The number of ether oxygens (including phenoxy) is 3. The first-order chi connectivity index (χ1) is 19.3. The van der Waals surface area contributed by atoms with Gasteiger partial charge in [0.2, 0.25) is 0 Å². The summed E-state index contributed by atoms with van der Waals surface area (Å²) in [5.41, 5.74) is 4.39. The van der Waals surface area contributed by atoms with Gasteiger partial charge in [-0.1, -0.05) is 36.4 Å². The Kier molecular flexibility index (Phi) is 6.59. The van der Waals surface area contributed by atoms with E-state index in [4.69, 9.17) is 14.2 Å². The van der Waals surface area contributed by atoms with E-state index < -0.39 is 5.60 Å². The molecule has 0 spiro atoms. The Bertz CT molecular complexity index is 1750. The van der Waals surface area contributed by atoms with Crippen LogP contribution in [0.25, 0.3) is 25.1 Å². The summed E-state index contributed by atoms with van der Waals surface area (Å²) in [5, 5.41) is 2.19. The van der Waals surface area contributed by atoms with Crippen molar-refractivity contribution in [2.75, 3.05) is 13.7 Å². The number of carbonyl (C=O) groups is 2. The van der Waals surface area contributed by atoms with E-state index in [9.17, 15) is 9.59 Å². The summed E-state index contributed by atoms with van der Waals surface area (Å²) in [7, 11) is 1.07. The number of carbonyl (C=O) groups excluding carboxylic acids is 2. The fourth-order valence-electron chi connectivity index (χ4n) is 5.94. The summed E-state index contributed by atoms with van der Waals surface area (Å²) in [6, 6.07) is 26.7. The number of methoxy groups -OCH3 is 1. The van der Waals surface area contributed by atoms with Crippen LogP contribution in [0, 0.1) is 13.8 Å². The largest absolute Gasteiger partial charge is 0.481 e. The van der Waals surface area contributed by atoms with Crippen LogP contribution in [-0.2, 0) is 27.1 Å². The SMILES string of the molecule is COC(=O)c1ccc2c(c1)c1ccccc1[s+]2-c1cc(C)c(OCC(=O)OC2(C)Cc3ccccc3C2)c(C)c1. The van der Waals surface area contributed by atoms with E-state index in [0.29, 0.717) is 24.2 Å². The summed E-state index contributed by atoms with van der Waals surface area (Å²) < 4.78 is 19.3. The second-order valence-corrected chi connectivity index (χ2v) is 12.7. The average Bonchev–Trinajstić information content (AvgIpc) is 3.45. The highest BCUT2D eigenvalue weighted by Crippen LogP contribution is 2.49. The minimum absolute atomic E-state index is 0.138. The zero-order chi connectivity index (χ0) is 28.0. The molecule has 5 nitrogen and oxygen atoms in total. The first kappa shape index (κ1) is 26.1. The molecule has 6 rings (SSSR count). The standard InChI is InChI=1S/C34H31O5S/c1-21-15-26(40-29-12-8-7-11-27(29)28-17-23(33(36)37-4)13-14-30(28)40)16-22(2)32(21)38-20-31(35)39-34(3)18-24-9-5-6-10-25(24)19-34/h5-17H,18-20H2,1-4H3/q+1. The van der Waals surface area contributed by atoms with Gasteiger partial charge in [0.25, 0.3) is 0 Å². The molecule has 0 radical (unpaired) electrons. The van der Waals surface area contributed by atoms with Crippen LogP contribution >= 0.6 is 10.5 Å². The molecule has 0 saturated heterocycles. The average molecular weight is 552 g/mol. The third kappa shape index (κ3) is 4.62. The smallest absolute Gasteiger partial charge is 0.344 e.